The molecule has 17 heavy (non-hydrogen) atoms. The molecule has 0 aromatic heterocycles. The Balaban J connectivity index is 1.92. The van der Waals surface area contributed by atoms with Gasteiger partial charge in [0, 0.05) is 25.7 Å². The second-order valence-electron chi connectivity index (χ2n) is 6.41. The zero-order valence-corrected chi connectivity index (χ0v) is 11.2. The standard InChI is InChI=1S/C13H26N2O2/c1-13(2)5-4-9(12(13)14-3)6-15-7-10(16)11(17)8-15/h9-12,14,16-17H,4-8H2,1-3H3. The van der Waals surface area contributed by atoms with Crippen LogP contribution in [0.2, 0.25) is 0 Å². The van der Waals surface area contributed by atoms with Crippen molar-refractivity contribution in [2.45, 2.75) is 44.9 Å². The number of hydrogen-bond acceptors (Lipinski definition) is 4. The zero-order chi connectivity index (χ0) is 12.6. The average molecular weight is 242 g/mol. The third-order valence-corrected chi connectivity index (χ3v) is 4.61. The van der Waals surface area contributed by atoms with Crippen molar-refractivity contribution in [2.24, 2.45) is 11.3 Å². The highest BCUT2D eigenvalue weighted by atomic mass is 16.3. The van der Waals surface area contributed by atoms with Crippen molar-refractivity contribution >= 4 is 0 Å². The number of aliphatic hydroxyl groups excluding tert-OH is 2. The van der Waals surface area contributed by atoms with E-state index in [1.54, 1.807) is 0 Å². The normalized spacial score (nSPS) is 42.2. The molecule has 1 saturated heterocycles. The lowest BCUT2D eigenvalue weighted by Crippen LogP contribution is -2.44. The van der Waals surface area contributed by atoms with E-state index < -0.39 is 12.2 Å². The van der Waals surface area contributed by atoms with Crippen molar-refractivity contribution in [3.63, 3.8) is 0 Å². The minimum Gasteiger partial charge on any atom is -0.389 e. The van der Waals surface area contributed by atoms with Gasteiger partial charge in [0.25, 0.3) is 0 Å². The third-order valence-electron chi connectivity index (χ3n) is 4.61. The van der Waals surface area contributed by atoms with Crippen molar-refractivity contribution in [1.82, 2.24) is 10.2 Å². The van der Waals surface area contributed by atoms with E-state index in [-0.39, 0.29) is 0 Å². The summed E-state index contributed by atoms with van der Waals surface area (Å²) in [5.74, 6) is 0.632. The lowest BCUT2D eigenvalue weighted by Gasteiger charge is -2.32. The van der Waals surface area contributed by atoms with Gasteiger partial charge in [-0.3, -0.25) is 4.90 Å². The number of nitrogens with one attached hydrogen (secondary N) is 1. The highest BCUT2D eigenvalue weighted by molar-refractivity contribution is 4.97. The number of aliphatic hydroxyl groups is 2. The molecule has 0 spiro atoms. The van der Waals surface area contributed by atoms with Crippen LogP contribution in [-0.2, 0) is 0 Å². The van der Waals surface area contributed by atoms with Crippen molar-refractivity contribution in [1.29, 1.82) is 0 Å². The molecule has 4 heteroatoms. The summed E-state index contributed by atoms with van der Waals surface area (Å²) in [5.41, 5.74) is 0.358. The maximum atomic E-state index is 9.56. The van der Waals surface area contributed by atoms with Gasteiger partial charge < -0.3 is 15.5 Å². The van der Waals surface area contributed by atoms with Gasteiger partial charge in [0.15, 0.2) is 0 Å². The van der Waals surface area contributed by atoms with Crippen LogP contribution in [0, 0.1) is 11.3 Å². The van der Waals surface area contributed by atoms with E-state index in [2.05, 4.69) is 24.1 Å². The van der Waals surface area contributed by atoms with Crippen LogP contribution in [0.5, 0.6) is 0 Å². The molecule has 0 aromatic rings. The number of nitrogens with zero attached hydrogens (tertiary/aromatic N) is 1. The molecular formula is C13H26N2O2. The Labute approximate surface area is 104 Å². The first-order valence-corrected chi connectivity index (χ1v) is 6.70. The van der Waals surface area contributed by atoms with Crippen molar-refractivity contribution in [2.75, 3.05) is 26.7 Å². The van der Waals surface area contributed by atoms with Crippen LogP contribution in [0.15, 0.2) is 0 Å². The zero-order valence-electron chi connectivity index (χ0n) is 11.2. The molecule has 3 N–H and O–H groups in total. The molecule has 0 aromatic carbocycles. The number of rotatable bonds is 3. The molecule has 0 bridgehead atoms. The Bertz CT molecular complexity index is 260. The lowest BCUT2D eigenvalue weighted by molar-refractivity contribution is 0.0572. The summed E-state index contributed by atoms with van der Waals surface area (Å²) >= 11 is 0. The van der Waals surface area contributed by atoms with Gasteiger partial charge in [0.2, 0.25) is 0 Å². The largest absolute Gasteiger partial charge is 0.389 e. The Hall–Kier alpha value is -0.160. The molecule has 0 amide bonds. The van der Waals surface area contributed by atoms with Gasteiger partial charge in [-0.1, -0.05) is 13.8 Å². The fourth-order valence-electron chi connectivity index (χ4n) is 3.67. The van der Waals surface area contributed by atoms with Crippen LogP contribution in [0.1, 0.15) is 26.7 Å². The molecule has 4 unspecified atom stereocenters. The minimum absolute atomic E-state index is 0.358. The van der Waals surface area contributed by atoms with Gasteiger partial charge in [0.05, 0.1) is 12.2 Å². The summed E-state index contributed by atoms with van der Waals surface area (Å²) in [4.78, 5) is 2.20. The third kappa shape index (κ3) is 2.65. The fraction of sp³-hybridized carbons (Fsp3) is 1.00. The number of hydrogen-bond donors (Lipinski definition) is 3. The lowest BCUT2D eigenvalue weighted by atomic mass is 9.85. The summed E-state index contributed by atoms with van der Waals surface area (Å²) in [5, 5.41) is 22.6. The van der Waals surface area contributed by atoms with E-state index in [0.29, 0.717) is 30.5 Å². The molecule has 1 saturated carbocycles. The van der Waals surface area contributed by atoms with E-state index in [4.69, 9.17) is 0 Å². The van der Waals surface area contributed by atoms with Gasteiger partial charge >= 0.3 is 0 Å². The highest BCUT2D eigenvalue weighted by Gasteiger charge is 2.42. The van der Waals surface area contributed by atoms with E-state index in [0.717, 1.165) is 6.54 Å². The van der Waals surface area contributed by atoms with Crippen LogP contribution in [0.3, 0.4) is 0 Å². The Morgan fingerprint density at radius 3 is 2.35 bits per heavy atom. The van der Waals surface area contributed by atoms with E-state index in [9.17, 15) is 10.2 Å². The van der Waals surface area contributed by atoms with Crippen LogP contribution >= 0.6 is 0 Å². The molecule has 2 aliphatic rings. The first kappa shape index (κ1) is 13.3. The summed E-state index contributed by atoms with van der Waals surface area (Å²) in [6, 6.07) is 0.539. The summed E-state index contributed by atoms with van der Waals surface area (Å²) in [6.45, 7) is 6.87. The first-order valence-electron chi connectivity index (χ1n) is 6.70. The van der Waals surface area contributed by atoms with Crippen LogP contribution in [0.4, 0.5) is 0 Å². The van der Waals surface area contributed by atoms with Crippen LogP contribution < -0.4 is 5.32 Å². The highest BCUT2D eigenvalue weighted by Crippen LogP contribution is 2.41. The van der Waals surface area contributed by atoms with Gasteiger partial charge in [0.1, 0.15) is 0 Å². The van der Waals surface area contributed by atoms with Crippen molar-refractivity contribution in [3.8, 4) is 0 Å². The fourth-order valence-corrected chi connectivity index (χ4v) is 3.67. The maximum absolute atomic E-state index is 9.56. The Morgan fingerprint density at radius 1 is 1.24 bits per heavy atom. The van der Waals surface area contributed by atoms with Gasteiger partial charge in [-0.25, -0.2) is 0 Å². The monoisotopic (exact) mass is 242 g/mol. The topological polar surface area (TPSA) is 55.7 Å². The smallest absolute Gasteiger partial charge is 0.0938 e. The second-order valence-corrected chi connectivity index (χ2v) is 6.41. The molecule has 2 fully saturated rings. The molecule has 1 heterocycles. The van der Waals surface area contributed by atoms with Crippen LogP contribution in [0.25, 0.3) is 0 Å². The summed E-state index contributed by atoms with van der Waals surface area (Å²) < 4.78 is 0. The van der Waals surface area contributed by atoms with Gasteiger partial charge in [-0.2, -0.15) is 0 Å². The number of β-amino-alcohol motifs (C(OH)–C–C–N with tert-alkyl or cyclic N) is 2. The van der Waals surface area contributed by atoms with Crippen LogP contribution in [-0.4, -0.2) is 60.0 Å². The molecule has 0 radical (unpaired) electrons. The SMILES string of the molecule is CNC1C(CN2CC(O)C(O)C2)CCC1(C)C. The second kappa shape index (κ2) is 4.84. The average Bonchev–Trinajstić information content (AvgIpc) is 2.69. The Kier molecular flexibility index (Phi) is 3.78. The summed E-state index contributed by atoms with van der Waals surface area (Å²) in [6.07, 6.45) is 1.37. The van der Waals surface area contributed by atoms with E-state index >= 15 is 0 Å². The van der Waals surface area contributed by atoms with Crippen molar-refractivity contribution in [3.05, 3.63) is 0 Å². The number of likely N-dealkylation sites (tertiary alicyclic amines) is 1. The molecule has 4 atom stereocenters. The minimum atomic E-state index is -0.558. The van der Waals surface area contributed by atoms with Crippen molar-refractivity contribution < 1.29 is 10.2 Å². The maximum Gasteiger partial charge on any atom is 0.0938 e. The Morgan fingerprint density at radius 2 is 1.82 bits per heavy atom. The summed E-state index contributed by atoms with van der Waals surface area (Å²) in [7, 11) is 2.04. The van der Waals surface area contributed by atoms with Gasteiger partial charge in [-0.15, -0.1) is 0 Å². The molecule has 1 aliphatic carbocycles. The molecule has 1 aliphatic heterocycles. The van der Waals surface area contributed by atoms with E-state index in [1.807, 2.05) is 7.05 Å². The molecule has 4 nitrogen and oxygen atoms in total. The predicted octanol–water partition coefficient (Wildman–Crippen LogP) is 0.0480. The van der Waals surface area contributed by atoms with E-state index in [1.165, 1.54) is 12.8 Å². The van der Waals surface area contributed by atoms with Gasteiger partial charge in [-0.05, 0) is 31.2 Å². The quantitative estimate of drug-likeness (QED) is 0.654. The first-order chi connectivity index (χ1) is 7.94. The molecular weight excluding hydrogens is 216 g/mol. The predicted molar refractivity (Wildman–Crippen MR) is 67.8 cm³/mol. The molecule has 2 rings (SSSR count). The molecule has 100 valence electrons.